The number of hydrogen-bond acceptors (Lipinski definition) is 32. The molecule has 0 aromatic heterocycles. The number of guanidine groups is 5. The highest BCUT2D eigenvalue weighted by molar-refractivity contribution is 8.77. The molecule has 0 saturated carbocycles. The van der Waals surface area contributed by atoms with Crippen molar-refractivity contribution >= 4 is 191 Å². The number of carbonyl (C=O) groups is 20. The first-order valence-corrected chi connectivity index (χ1v) is 53.2. The average molecular weight is 2180 g/mol. The second-order valence-electron chi connectivity index (χ2n) is 36.1. The van der Waals surface area contributed by atoms with Gasteiger partial charge in [-0.3, -0.25) is 118 Å². The molecule has 2 aliphatic rings. The predicted molar refractivity (Wildman–Crippen MR) is 555 cm³/mol. The molecule has 834 valence electrons. The molecule has 0 unspecified atom stereocenters. The number of phenolic OH excluding ortho intramolecular Hbond substituents is 1. The Morgan fingerprint density at radius 2 is 0.772 bits per heavy atom. The van der Waals surface area contributed by atoms with E-state index < -0.39 is 331 Å². The van der Waals surface area contributed by atoms with Gasteiger partial charge in [0, 0.05) is 68.6 Å². The van der Waals surface area contributed by atoms with Crippen molar-refractivity contribution in [3.8, 4) is 5.75 Å². The van der Waals surface area contributed by atoms with E-state index in [0.29, 0.717) is 21.6 Å². The number of unbranched alkanes of at least 4 members (excludes halogenated alkanes) is 1. The summed E-state index contributed by atoms with van der Waals surface area (Å²) in [6.07, 6.45) is -5.04. The van der Waals surface area contributed by atoms with Gasteiger partial charge in [-0.25, -0.2) is 4.79 Å². The molecule has 58 nitrogen and oxygen atoms in total. The lowest BCUT2D eigenvalue weighted by Crippen LogP contribution is -2.62. The highest BCUT2D eigenvalue weighted by Crippen LogP contribution is 2.27. The highest BCUT2D eigenvalue weighted by atomic mass is 33.1. The number of primary amides is 1. The largest absolute Gasteiger partial charge is 0.508 e. The first-order chi connectivity index (χ1) is 70.3. The Morgan fingerprint density at radius 1 is 0.396 bits per heavy atom. The minimum absolute atomic E-state index is 0.0522. The monoisotopic (exact) mass is 2180 g/mol. The molecule has 2 bridgehead atoms. The second kappa shape index (κ2) is 69.3. The summed E-state index contributed by atoms with van der Waals surface area (Å²) in [4.78, 5) is 292. The van der Waals surface area contributed by atoms with Gasteiger partial charge < -0.3 is 178 Å². The van der Waals surface area contributed by atoms with Crippen LogP contribution in [0.1, 0.15) is 163 Å². The molecule has 0 aliphatic carbocycles. The van der Waals surface area contributed by atoms with Crippen molar-refractivity contribution in [1.82, 2.24) is 117 Å². The van der Waals surface area contributed by atoms with Gasteiger partial charge in [0.25, 0.3) is 0 Å². The van der Waals surface area contributed by atoms with Crippen LogP contribution in [0, 0.1) is 44.8 Å². The lowest BCUT2D eigenvalue weighted by molar-refractivity contribution is -0.142. The summed E-state index contributed by atoms with van der Waals surface area (Å²) in [6, 6.07) is -23.0. The summed E-state index contributed by atoms with van der Waals surface area (Å²) < 4.78 is 0. The third kappa shape index (κ3) is 53.0. The van der Waals surface area contributed by atoms with Crippen LogP contribution in [-0.4, -0.2) is 335 Å². The maximum Gasteiger partial charge on any atom is 0.326 e. The van der Waals surface area contributed by atoms with E-state index in [-0.39, 0.29) is 140 Å². The molecule has 18 amide bonds. The van der Waals surface area contributed by atoms with E-state index in [1.807, 2.05) is 0 Å². The minimum Gasteiger partial charge on any atom is -0.508 e. The van der Waals surface area contributed by atoms with Crippen molar-refractivity contribution < 1.29 is 111 Å². The summed E-state index contributed by atoms with van der Waals surface area (Å²) in [5.41, 5.74) is 45.3. The standard InChI is InChI=1S/C87H149N35O23S4/c1-42(2)32-54-73(135)120-60-40-148-147-39-59(119-71(133)51(18-12-30-104-86(97)98)111-72(134)52(24-25-62(90)124)114-68(130)48(14-7-8-26-88)112-74(136)56(117-79(60)141)34-45-20-22-46(123)23-21-45)80(142)118-57(35-65(127)128)75(137)116-55(33-43(3)4)76(138)122-66(44(5)6)81(143)121-61(78(140)109-47(15-9-27-101-83(91)92)67(129)106-37-64(126)107-53(82(144)145)19-13-31-105-87(99)100)41-149-146-38-58(108-63(125)36-89)77(139)113-49(16-10-28-102-84(93)94)69(131)110-50(70(132)115-54)17-11-29-103-85(95)96/h20-23,42-44,47-61,66,123H,7-19,24-41,88-89H2,1-6H3,(H2,90,124)(H,106,129)(H,107,126)(H,108,125)(H,109,140)(H,110,131)(H,111,134)(H,112,136)(H,113,139)(H,114,130)(H,115,132)(H,116,137)(H,117,141)(H,118,142)(H,119,133)(H,120,135)(H,121,143)(H,122,138)(H,127,128)(H,144,145)(H4,91,92,101)(H4,93,94,102)(H4,95,96,103)(H4,97,98,104)(H4,99,100,105)/t47-,48-,49-,50-,51-,52-,53-,54-,55-,56-,57+,58-,59-,60-,61-,66-/m0/s1. The molecular weight excluding hydrogens is 2030 g/mol. The molecule has 2 heterocycles. The van der Waals surface area contributed by atoms with Gasteiger partial charge in [0.1, 0.15) is 102 Å². The number of rotatable bonds is 45. The van der Waals surface area contributed by atoms with Gasteiger partial charge in [-0.15, -0.1) is 0 Å². The van der Waals surface area contributed by atoms with Crippen LogP contribution in [0.3, 0.4) is 0 Å². The van der Waals surface area contributed by atoms with Crippen LogP contribution in [0.5, 0.6) is 5.75 Å². The van der Waals surface area contributed by atoms with Crippen LogP contribution in [0.25, 0.3) is 0 Å². The molecule has 2 aliphatic heterocycles. The van der Waals surface area contributed by atoms with Crippen LogP contribution in [0.15, 0.2) is 24.3 Å². The van der Waals surface area contributed by atoms with Crippen LogP contribution < -0.4 is 163 Å². The Balaban J connectivity index is 2.63. The summed E-state index contributed by atoms with van der Waals surface area (Å²) in [5.74, 6) is -30.5. The van der Waals surface area contributed by atoms with E-state index in [4.69, 9.17) is 72.9 Å². The number of carboxylic acid groups (broad SMARTS) is 2. The van der Waals surface area contributed by atoms with Gasteiger partial charge in [0.2, 0.25) is 106 Å². The fourth-order valence-corrected chi connectivity index (χ4v) is 19.1. The zero-order valence-corrected chi connectivity index (χ0v) is 87.2. The molecule has 62 heteroatoms. The van der Waals surface area contributed by atoms with Crippen molar-refractivity contribution in [2.24, 2.45) is 63.6 Å². The van der Waals surface area contributed by atoms with E-state index in [9.17, 15) is 58.5 Å². The van der Waals surface area contributed by atoms with E-state index >= 15 is 52.7 Å². The van der Waals surface area contributed by atoms with E-state index in [2.05, 4.69) is 117 Å². The summed E-state index contributed by atoms with van der Waals surface area (Å²) >= 11 is 0. The Kier molecular flexibility index (Phi) is 60.1. The molecule has 1 aromatic rings. The van der Waals surface area contributed by atoms with Gasteiger partial charge in [-0.1, -0.05) is 96.9 Å². The number of hydrogen-bond donors (Lipinski definition) is 38. The molecule has 46 N–H and O–H groups in total. The Bertz CT molecular complexity index is 4750. The van der Waals surface area contributed by atoms with Crippen LogP contribution in [-0.2, 0) is 102 Å². The van der Waals surface area contributed by atoms with Crippen molar-refractivity contribution in [3.63, 3.8) is 0 Å². The Labute approximate surface area is 876 Å². The number of amides is 18. The number of nitrogens with two attached hydrogens (primary N) is 8. The van der Waals surface area contributed by atoms with Crippen molar-refractivity contribution in [3.05, 3.63) is 29.8 Å². The lowest BCUT2D eigenvalue weighted by Gasteiger charge is -2.30. The average Bonchev–Trinajstić information content (AvgIpc) is 0.822. The number of fused-ring (bicyclic) bond motifs is 5. The third-order valence-corrected chi connectivity index (χ3v) is 27.0. The van der Waals surface area contributed by atoms with Crippen LogP contribution in [0.4, 0.5) is 0 Å². The lowest BCUT2D eigenvalue weighted by atomic mass is 9.99. The van der Waals surface area contributed by atoms with Crippen molar-refractivity contribution in [2.75, 3.05) is 75.4 Å². The number of carboxylic acids is 2. The van der Waals surface area contributed by atoms with Crippen molar-refractivity contribution in [2.45, 2.75) is 260 Å². The normalized spacial score (nSPS) is 22.4. The number of aromatic hydroxyl groups is 1. The van der Waals surface area contributed by atoms with Gasteiger partial charge in [0.05, 0.1) is 19.5 Å². The number of carbonyl (C=O) groups excluding carboxylic acids is 18. The zero-order valence-electron chi connectivity index (χ0n) is 84.0. The molecule has 3 rings (SSSR count). The maximum atomic E-state index is 15.6. The van der Waals surface area contributed by atoms with E-state index in [1.54, 1.807) is 27.7 Å². The molecule has 0 radical (unpaired) electrons. The van der Waals surface area contributed by atoms with E-state index in [1.165, 1.54) is 38.1 Å². The fraction of sp³-hybridized carbons (Fsp3) is 0.644. The molecule has 2 fully saturated rings. The van der Waals surface area contributed by atoms with Crippen LogP contribution in [0.2, 0.25) is 0 Å². The quantitative estimate of drug-likeness (QED) is 0.0125. The molecule has 1 aromatic carbocycles. The van der Waals surface area contributed by atoms with Crippen LogP contribution >= 0.6 is 43.2 Å². The van der Waals surface area contributed by atoms with Crippen molar-refractivity contribution in [1.29, 1.82) is 27.0 Å². The smallest absolute Gasteiger partial charge is 0.326 e. The zero-order chi connectivity index (χ0) is 112. The predicted octanol–water partition coefficient (Wildman–Crippen LogP) is -10.4. The summed E-state index contributed by atoms with van der Waals surface area (Å²) in [7, 11) is 2.89. The topological polar surface area (TPSA) is 994 Å². The Morgan fingerprint density at radius 3 is 1.19 bits per heavy atom. The van der Waals surface area contributed by atoms with Gasteiger partial charge in [-0.2, -0.15) is 0 Å². The summed E-state index contributed by atoms with van der Waals surface area (Å²) in [5, 5.41) is 125. The molecular formula is C87H149N35O23S4. The molecule has 0 spiro atoms. The molecule has 2 saturated heterocycles. The highest BCUT2D eigenvalue weighted by Gasteiger charge is 2.42. The third-order valence-electron chi connectivity index (χ3n) is 22.2. The maximum absolute atomic E-state index is 15.6. The number of nitrogens with one attached hydrogen (secondary N) is 27. The van der Waals surface area contributed by atoms with E-state index in [0.717, 1.165) is 21.6 Å². The number of aliphatic carboxylic acids is 2. The minimum atomic E-state index is -2.22. The van der Waals surface area contributed by atoms with Gasteiger partial charge >= 0.3 is 11.9 Å². The fourth-order valence-electron chi connectivity index (χ4n) is 14.5. The van der Waals surface area contributed by atoms with Gasteiger partial charge in [-0.05, 0) is 145 Å². The first-order valence-electron chi connectivity index (χ1n) is 48.2. The molecule has 149 heavy (non-hydrogen) atoms. The number of phenols is 1. The summed E-state index contributed by atoms with van der Waals surface area (Å²) in [6.45, 7) is 7.45. The van der Waals surface area contributed by atoms with Gasteiger partial charge in [0.15, 0.2) is 29.8 Å². The number of benzene rings is 1. The second-order valence-corrected chi connectivity index (χ2v) is 41.2. The Hall–Kier alpha value is -13.9. The molecule has 16 atom stereocenters. The SMILES string of the molecule is CC(C)C[C@@H]1NC(=O)[C@H](CCCNC(=N)N)NC(=O)[C@H](CCCNC(=N)N)NC(=O)[C@@H](NC(=O)CN)CSSC[C@@H](C(=O)N[C@@H](CCCNC(=N)N)C(=O)NCC(=O)N[C@@H](CCCNC(=N)N)C(=O)O)NC(=O)[C@H](C(C)C)NC(=O)[C@H](CC(C)C)NC(=O)[C@@H](CC(=O)O)NC(=O)[C@@H]2CSSC[C@H](NC1=O)C(=O)N[C@@H](Cc1ccc(O)cc1)C(=O)N[C@@H](CCCCN)C(=O)N[C@@H](CCC(N)=O)C(=O)N[C@@H](CCCNC(=N)N)C(=O)N2. The first kappa shape index (κ1) is 129.